The first-order valence-electron chi connectivity index (χ1n) is 34.2. The maximum Gasteiger partial charge on any atom is 0.239 e. The molecule has 0 spiro atoms. The molecule has 20 atom stereocenters. The third-order valence-corrected chi connectivity index (χ3v) is 17.5. The van der Waals surface area contributed by atoms with Crippen molar-refractivity contribution in [1.29, 1.82) is 0 Å². The Labute approximate surface area is 609 Å². The Morgan fingerprint density at radius 1 is 0.434 bits per heavy atom. The van der Waals surface area contributed by atoms with Gasteiger partial charge in [-0.2, -0.15) is 0 Å². The number of methoxy groups -OCH3 is 2. The summed E-state index contributed by atoms with van der Waals surface area (Å²) < 4.78 is 69.0. The van der Waals surface area contributed by atoms with Crippen LogP contribution < -0.4 is 39.3 Å². The van der Waals surface area contributed by atoms with Crippen LogP contribution in [0.5, 0.6) is 46.0 Å². The fourth-order valence-electron chi connectivity index (χ4n) is 11.0. The van der Waals surface area contributed by atoms with Crippen molar-refractivity contribution >= 4 is 21.9 Å². The second-order valence-electron chi connectivity index (χ2n) is 27.1. The molecule has 0 aliphatic carbocycles. The molecule has 4 aromatic carbocycles. The first kappa shape index (κ1) is 85.6. The van der Waals surface area contributed by atoms with Gasteiger partial charge in [0.15, 0.2) is 11.5 Å². The van der Waals surface area contributed by atoms with Gasteiger partial charge in [-0.05, 0) is 115 Å². The first-order chi connectivity index (χ1) is 50.1. The van der Waals surface area contributed by atoms with E-state index in [1.54, 1.807) is 60.7 Å². The molecular formula is C74H100O32. The van der Waals surface area contributed by atoms with Crippen molar-refractivity contribution in [2.45, 2.75) is 205 Å². The van der Waals surface area contributed by atoms with Gasteiger partial charge in [-0.3, -0.25) is 9.59 Å². The van der Waals surface area contributed by atoms with E-state index in [-0.39, 0.29) is 68.9 Å². The smallest absolute Gasteiger partial charge is 0.239 e. The number of hydrogen-bond donors (Lipinski definition) is 18. The van der Waals surface area contributed by atoms with E-state index in [9.17, 15) is 91.3 Å². The lowest BCUT2D eigenvalue weighted by molar-refractivity contribution is -0.277. The second-order valence-corrected chi connectivity index (χ2v) is 27.1. The minimum atomic E-state index is -1.77. The lowest BCUT2D eigenvalue weighted by Crippen LogP contribution is -2.60. The van der Waals surface area contributed by atoms with Gasteiger partial charge in [0.25, 0.3) is 0 Å². The molecule has 4 saturated heterocycles. The molecule has 4 aliphatic heterocycles. The standard InChI is InChI=1S/2C33H40O15.2C4H10O/c2*1-13(2)5-10-17-19(45-33-28(42)26(40)23(37)20(12-34)46-33)11-18(35)21-24(38)31(48-32-27(41)25(39)22(36)14(3)44-32)29(47-30(17)21)15-6-8-16(43-4)9-7-15;2*1-4(2)3-5/h2*5-9,11,14,20,22-23,25-28,32-37,39-42H,10,12H2,1-4H3;2*4-5H,3H2,1-2H3/t2*14-,20+,22-,23+,25+,26-,27+,28+,32-,33+;;/m00../s1. The van der Waals surface area contributed by atoms with Gasteiger partial charge >= 0.3 is 0 Å². The molecule has 4 fully saturated rings. The normalized spacial score (nSPS) is 28.6. The number of aromatic hydroxyl groups is 2. The predicted molar refractivity (Wildman–Crippen MR) is 377 cm³/mol. The summed E-state index contributed by atoms with van der Waals surface area (Å²) in [5, 5.41) is 182. The zero-order valence-corrected chi connectivity index (χ0v) is 60.6. The van der Waals surface area contributed by atoms with E-state index in [1.165, 1.54) is 28.1 Å². The molecule has 588 valence electrons. The summed E-state index contributed by atoms with van der Waals surface area (Å²) in [6.45, 7) is 17.3. The molecule has 32 nitrogen and oxygen atoms in total. The quantitative estimate of drug-likeness (QED) is 0.0480. The van der Waals surface area contributed by atoms with Gasteiger partial charge < -0.3 is 148 Å². The maximum absolute atomic E-state index is 14.3. The fourth-order valence-corrected chi connectivity index (χ4v) is 11.0. The van der Waals surface area contributed by atoms with Crippen LogP contribution in [0.1, 0.15) is 80.4 Å². The van der Waals surface area contributed by atoms with E-state index in [4.69, 9.17) is 66.4 Å². The van der Waals surface area contributed by atoms with E-state index >= 15 is 0 Å². The average molecular weight is 1500 g/mol. The molecule has 10 rings (SSSR count). The minimum Gasteiger partial charge on any atom is -0.507 e. The number of aliphatic hydroxyl groups excluding tert-OH is 16. The van der Waals surface area contributed by atoms with E-state index in [0.717, 1.165) is 23.3 Å². The largest absolute Gasteiger partial charge is 0.507 e. The molecule has 18 N–H and O–H groups in total. The van der Waals surface area contributed by atoms with Crippen LogP contribution in [0.3, 0.4) is 0 Å². The molecule has 6 heterocycles. The number of rotatable bonds is 20. The lowest BCUT2D eigenvalue weighted by atomic mass is 9.99. The van der Waals surface area contributed by atoms with Crippen LogP contribution in [-0.4, -0.2) is 255 Å². The number of ether oxygens (including phenoxy) is 10. The number of phenols is 2. The highest BCUT2D eigenvalue weighted by atomic mass is 16.7. The molecule has 32 heteroatoms. The van der Waals surface area contributed by atoms with Gasteiger partial charge in [0.2, 0.25) is 47.5 Å². The number of fused-ring (bicyclic) bond motifs is 2. The molecule has 0 saturated carbocycles. The Morgan fingerprint density at radius 3 is 1.00 bits per heavy atom. The van der Waals surface area contributed by atoms with Crippen LogP contribution in [0.25, 0.3) is 44.6 Å². The monoisotopic (exact) mass is 1500 g/mol. The lowest BCUT2D eigenvalue weighted by Gasteiger charge is -2.39. The molecule has 0 amide bonds. The molecule has 0 bridgehead atoms. The summed E-state index contributed by atoms with van der Waals surface area (Å²) in [4.78, 5) is 28.5. The molecule has 6 aromatic rings. The molecule has 2 aromatic heterocycles. The van der Waals surface area contributed by atoms with Gasteiger partial charge in [-0.25, -0.2) is 0 Å². The third-order valence-electron chi connectivity index (χ3n) is 17.5. The van der Waals surface area contributed by atoms with Gasteiger partial charge in [-0.15, -0.1) is 0 Å². The Balaban J connectivity index is 0.000000262. The summed E-state index contributed by atoms with van der Waals surface area (Å²) in [5.41, 5.74) is 0.683. The summed E-state index contributed by atoms with van der Waals surface area (Å²) in [7, 11) is 2.94. The second kappa shape index (κ2) is 38.0. The number of phenolic OH excluding ortho intramolecular Hbond substituents is 2. The van der Waals surface area contributed by atoms with Crippen LogP contribution in [0.4, 0.5) is 0 Å². The van der Waals surface area contributed by atoms with E-state index in [1.807, 2.05) is 55.4 Å². The number of benzene rings is 4. The van der Waals surface area contributed by atoms with Crippen molar-refractivity contribution in [1.82, 2.24) is 0 Å². The summed E-state index contributed by atoms with van der Waals surface area (Å²) >= 11 is 0. The highest BCUT2D eigenvalue weighted by Crippen LogP contribution is 2.45. The average Bonchev–Trinajstić information content (AvgIpc) is 0.745. The zero-order chi connectivity index (χ0) is 78.6. The third kappa shape index (κ3) is 19.8. The molecule has 106 heavy (non-hydrogen) atoms. The highest BCUT2D eigenvalue weighted by molar-refractivity contribution is 5.92. The number of hydrogen-bond acceptors (Lipinski definition) is 32. The Bertz CT molecular complexity index is 3750. The minimum absolute atomic E-state index is 0.0725. The summed E-state index contributed by atoms with van der Waals surface area (Å²) in [6, 6.07) is 14.8. The van der Waals surface area contributed by atoms with Crippen molar-refractivity contribution < 1.29 is 148 Å². The fraction of sp³-hybridized carbons (Fsp3) is 0.541. The predicted octanol–water partition coefficient (Wildman–Crippen LogP) is 1.41. The van der Waals surface area contributed by atoms with Crippen LogP contribution >= 0.6 is 0 Å². The summed E-state index contributed by atoms with van der Waals surface area (Å²) in [5.74, 6) is -0.963. The maximum atomic E-state index is 14.3. The van der Waals surface area contributed by atoms with E-state index in [2.05, 4.69) is 0 Å². The topological polar surface area (TPSA) is 517 Å². The van der Waals surface area contributed by atoms with Crippen LogP contribution in [0.2, 0.25) is 0 Å². The molecule has 4 aliphatic rings. The van der Waals surface area contributed by atoms with Gasteiger partial charge in [0.1, 0.15) is 142 Å². The van der Waals surface area contributed by atoms with Gasteiger partial charge in [0.05, 0.1) is 39.6 Å². The van der Waals surface area contributed by atoms with Crippen molar-refractivity contribution in [2.24, 2.45) is 11.8 Å². The van der Waals surface area contributed by atoms with Crippen LogP contribution in [-0.2, 0) is 31.8 Å². The van der Waals surface area contributed by atoms with Crippen LogP contribution in [0, 0.1) is 11.8 Å². The van der Waals surface area contributed by atoms with E-state index in [0.29, 0.717) is 47.7 Å². The molecular weight excluding hydrogens is 1400 g/mol. The van der Waals surface area contributed by atoms with Gasteiger partial charge in [0, 0.05) is 47.6 Å². The van der Waals surface area contributed by atoms with Crippen molar-refractivity contribution in [2.75, 3.05) is 40.6 Å². The summed E-state index contributed by atoms with van der Waals surface area (Å²) in [6.07, 6.45) is -27.3. The van der Waals surface area contributed by atoms with Crippen molar-refractivity contribution in [3.63, 3.8) is 0 Å². The van der Waals surface area contributed by atoms with E-state index < -0.39 is 170 Å². The van der Waals surface area contributed by atoms with Gasteiger partial charge in [-0.1, -0.05) is 51.0 Å². The highest BCUT2D eigenvalue weighted by Gasteiger charge is 2.49. The zero-order valence-electron chi connectivity index (χ0n) is 60.6. The Morgan fingerprint density at radius 2 is 0.726 bits per heavy atom. The Kier molecular flexibility index (Phi) is 30.7. The Hall–Kier alpha value is -7.62. The number of aliphatic hydroxyl groups is 16. The molecule has 0 unspecified atom stereocenters. The van der Waals surface area contributed by atoms with Crippen molar-refractivity contribution in [3.05, 3.63) is 116 Å². The first-order valence-corrected chi connectivity index (χ1v) is 34.2. The van der Waals surface area contributed by atoms with Crippen LogP contribution in [0.15, 0.2) is 102 Å². The van der Waals surface area contributed by atoms with Crippen molar-refractivity contribution in [3.8, 4) is 68.6 Å². The molecule has 0 radical (unpaired) electrons. The number of allylic oxidation sites excluding steroid dienone is 4. The SMILES string of the molecule is CC(C)CO.CC(C)CO.COc1ccc(-c2oc3c(CC=C(C)C)c(O[C@@H]4O[C@H](CO)[C@@H](O)[C@H](O)[C@H]4O)cc(O)c3c(=O)c2O[C@@H]2O[C@@H](C)[C@H](O)[C@@H](O)[C@H]2O)cc1.COc1ccc(-c2oc3c(CC=C(C)C)c(O[C@@H]4O[C@H](CO)[C@@H](O)[C@H](O)[C@H]4O)cc(O)c3c(=O)c2O[C@@H]2O[C@@H](C)[C@H](O)[C@@H](O)[C@H]2O)cc1.